The van der Waals surface area contributed by atoms with E-state index in [1.165, 1.54) is 30.0 Å². The molecule has 0 bridgehead atoms. The summed E-state index contributed by atoms with van der Waals surface area (Å²) in [6, 6.07) is 5.31. The Morgan fingerprint density at radius 2 is 1.83 bits per heavy atom. The highest BCUT2D eigenvalue weighted by atomic mass is 35.5. The monoisotopic (exact) mass is 522 g/mol. The number of aromatic nitrogens is 1. The molecule has 13 heteroatoms. The number of nitrogens with one attached hydrogen (secondary N) is 2. The fraction of sp³-hybridized carbons (Fsp3) is 0.227. The van der Waals surface area contributed by atoms with Crippen LogP contribution in [0.4, 0.5) is 5.69 Å². The first-order valence-corrected chi connectivity index (χ1v) is 12.2. The Morgan fingerprint density at radius 3 is 2.37 bits per heavy atom. The molecule has 2 amide bonds. The molecule has 0 aliphatic carbocycles. The number of nitrogens with zero attached hydrogens (tertiary/aromatic N) is 1. The molecule has 0 saturated heterocycles. The predicted octanol–water partition coefficient (Wildman–Crippen LogP) is 2.28. The number of amides is 2. The molecule has 2 aromatic carbocycles. The molecule has 35 heavy (non-hydrogen) atoms. The van der Waals surface area contributed by atoms with Crippen molar-refractivity contribution in [3.8, 4) is 16.9 Å². The topological polar surface area (TPSA) is 183 Å². The number of H-pyrrole nitrogens is 1. The zero-order chi connectivity index (χ0) is 26.2. The van der Waals surface area contributed by atoms with Gasteiger partial charge in [0.2, 0.25) is 5.91 Å². The number of carboxylic acids is 1. The predicted molar refractivity (Wildman–Crippen MR) is 131 cm³/mol. The van der Waals surface area contributed by atoms with Crippen LogP contribution in [0.3, 0.4) is 0 Å². The summed E-state index contributed by atoms with van der Waals surface area (Å²) in [6.45, 7) is 1.19. The molecule has 0 radical (unpaired) electrons. The Morgan fingerprint density at radius 1 is 1.17 bits per heavy atom. The first kappa shape index (κ1) is 26.0. The van der Waals surface area contributed by atoms with E-state index in [0.717, 1.165) is 6.07 Å². The third-order valence-electron chi connectivity index (χ3n) is 5.19. The van der Waals surface area contributed by atoms with Crippen LogP contribution in [0.1, 0.15) is 27.8 Å². The molecule has 186 valence electrons. The number of hydrogen-bond acceptors (Lipinski definition) is 7. The summed E-state index contributed by atoms with van der Waals surface area (Å²) < 4.78 is 26.3. The summed E-state index contributed by atoms with van der Waals surface area (Å²) >= 11 is 6.14. The van der Waals surface area contributed by atoms with E-state index in [1.807, 2.05) is 0 Å². The van der Waals surface area contributed by atoms with Gasteiger partial charge >= 0.3 is 5.97 Å². The maximum Gasteiger partial charge on any atom is 0.352 e. The van der Waals surface area contributed by atoms with Gasteiger partial charge in [-0.25, -0.2) is 13.2 Å². The number of carbonyl (C=O) groups is 3. The highest BCUT2D eigenvalue weighted by molar-refractivity contribution is 7.91. The molecule has 1 aromatic heterocycles. The van der Waals surface area contributed by atoms with E-state index in [-0.39, 0.29) is 28.1 Å². The van der Waals surface area contributed by atoms with E-state index in [1.54, 1.807) is 14.1 Å². The van der Waals surface area contributed by atoms with Crippen molar-refractivity contribution in [2.45, 2.75) is 11.8 Å². The Labute approximate surface area is 205 Å². The van der Waals surface area contributed by atoms with Crippen LogP contribution in [0.15, 0.2) is 29.2 Å². The average Bonchev–Trinajstić information content (AvgIpc) is 3.12. The van der Waals surface area contributed by atoms with Gasteiger partial charge in [-0.1, -0.05) is 18.5 Å². The van der Waals surface area contributed by atoms with E-state index in [0.29, 0.717) is 5.52 Å². The number of nitrogens with two attached hydrogens (primary N) is 1. The fourth-order valence-electron chi connectivity index (χ4n) is 3.66. The number of likely N-dealkylation sites (N-methyl/N-ethyl adjacent to an activating group) is 1. The number of carbonyl (C=O) groups excluding carboxylic acids is 2. The second-order valence-corrected chi connectivity index (χ2v) is 10.6. The Bertz CT molecular complexity index is 1480. The lowest BCUT2D eigenvalue weighted by molar-refractivity contribution is -0.116. The fourth-order valence-corrected chi connectivity index (χ4v) is 4.95. The van der Waals surface area contributed by atoms with Crippen LogP contribution in [0, 0.1) is 0 Å². The molecular weight excluding hydrogens is 500 g/mol. The van der Waals surface area contributed by atoms with Crippen LogP contribution in [-0.4, -0.2) is 72.7 Å². The maximum atomic E-state index is 13.2. The van der Waals surface area contributed by atoms with Gasteiger partial charge < -0.3 is 31.1 Å². The van der Waals surface area contributed by atoms with Gasteiger partial charge in [-0.2, -0.15) is 0 Å². The molecule has 0 atom stereocenters. The van der Waals surface area contributed by atoms with Crippen LogP contribution in [0.2, 0.25) is 5.02 Å². The summed E-state index contributed by atoms with van der Waals surface area (Å²) in [5.74, 6) is -4.48. The first-order valence-electron chi connectivity index (χ1n) is 10.2. The molecule has 1 heterocycles. The lowest BCUT2D eigenvalue weighted by Gasteiger charge is -2.20. The number of fused-ring (bicyclic) bond motifs is 1. The number of rotatable bonds is 8. The second-order valence-electron chi connectivity index (χ2n) is 7.94. The number of benzene rings is 2. The van der Waals surface area contributed by atoms with Gasteiger partial charge in [0.1, 0.15) is 5.69 Å². The quantitative estimate of drug-likeness (QED) is 0.279. The molecule has 3 rings (SSSR count). The van der Waals surface area contributed by atoms with Crippen molar-refractivity contribution in [3.63, 3.8) is 0 Å². The van der Waals surface area contributed by atoms with E-state index < -0.39 is 61.0 Å². The first-order chi connectivity index (χ1) is 16.3. The molecular formula is C22H23ClN4O7S. The van der Waals surface area contributed by atoms with Gasteiger partial charge in [0.05, 0.1) is 28.4 Å². The van der Waals surface area contributed by atoms with Gasteiger partial charge in [0, 0.05) is 27.1 Å². The number of phenols is 1. The van der Waals surface area contributed by atoms with Gasteiger partial charge in [0.15, 0.2) is 15.6 Å². The molecule has 3 aromatic rings. The van der Waals surface area contributed by atoms with Crippen molar-refractivity contribution in [2.24, 2.45) is 5.73 Å². The van der Waals surface area contributed by atoms with Gasteiger partial charge in [-0.3, -0.25) is 9.59 Å². The minimum atomic E-state index is -4.15. The number of sulfone groups is 1. The van der Waals surface area contributed by atoms with E-state index in [2.05, 4.69) is 10.3 Å². The second kappa shape index (κ2) is 9.56. The summed E-state index contributed by atoms with van der Waals surface area (Å²) in [6.07, 6.45) is 0. The smallest absolute Gasteiger partial charge is 0.352 e. The van der Waals surface area contributed by atoms with Gasteiger partial charge in [0.25, 0.3) is 5.91 Å². The highest BCUT2D eigenvalue weighted by Gasteiger charge is 2.32. The lowest BCUT2D eigenvalue weighted by atomic mass is 9.96. The SMILES string of the molecule is CCS(=O)(=O)c1cc(C(N)=O)c(O)c(NC(=O)CN(C)C)c1-c1c(C(=O)O)[nH]c2ccc(Cl)cc12. The van der Waals surface area contributed by atoms with Crippen molar-refractivity contribution in [1.29, 1.82) is 0 Å². The summed E-state index contributed by atoms with van der Waals surface area (Å²) in [7, 11) is -0.934. The summed E-state index contributed by atoms with van der Waals surface area (Å²) in [5, 5.41) is 23.7. The number of halogens is 1. The molecule has 0 aliphatic heterocycles. The summed E-state index contributed by atoms with van der Waals surface area (Å²) in [5.41, 5.74) is 3.79. The van der Waals surface area contributed by atoms with E-state index >= 15 is 0 Å². The van der Waals surface area contributed by atoms with E-state index in [9.17, 15) is 33.0 Å². The van der Waals surface area contributed by atoms with Crippen LogP contribution in [0.5, 0.6) is 5.75 Å². The highest BCUT2D eigenvalue weighted by Crippen LogP contribution is 2.47. The van der Waals surface area contributed by atoms with Crippen LogP contribution >= 0.6 is 11.6 Å². The van der Waals surface area contributed by atoms with Crippen molar-refractivity contribution in [2.75, 3.05) is 31.7 Å². The number of anilines is 1. The summed E-state index contributed by atoms with van der Waals surface area (Å²) in [4.78, 5) is 40.6. The van der Waals surface area contributed by atoms with Gasteiger partial charge in [-0.15, -0.1) is 0 Å². The standard InChI is InChI=1S/C22H23ClN4O7S/c1-4-35(33,34)14-8-12(21(24)30)20(29)18(26-15(28)9-27(2)3)17(14)16-11-7-10(23)5-6-13(11)25-19(16)22(31)32/h5-8,25,29H,4,9H2,1-3H3,(H2,24,30)(H,26,28)(H,31,32). The maximum absolute atomic E-state index is 13.2. The Hall–Kier alpha value is -3.61. The molecule has 0 spiro atoms. The zero-order valence-electron chi connectivity index (χ0n) is 19.0. The zero-order valence-corrected chi connectivity index (χ0v) is 20.5. The molecule has 0 aliphatic rings. The lowest BCUT2D eigenvalue weighted by Crippen LogP contribution is -2.28. The number of aromatic carboxylic acids is 1. The normalized spacial score (nSPS) is 11.7. The molecule has 0 unspecified atom stereocenters. The minimum Gasteiger partial charge on any atom is -0.505 e. The van der Waals surface area contributed by atoms with Crippen molar-refractivity contribution >= 4 is 55.8 Å². The van der Waals surface area contributed by atoms with Crippen LogP contribution < -0.4 is 11.1 Å². The number of primary amides is 1. The molecule has 0 fully saturated rings. The van der Waals surface area contributed by atoms with Crippen molar-refractivity contribution in [1.82, 2.24) is 9.88 Å². The number of hydrogen-bond donors (Lipinski definition) is 5. The van der Waals surface area contributed by atoms with Crippen LogP contribution in [0.25, 0.3) is 22.0 Å². The van der Waals surface area contributed by atoms with Crippen molar-refractivity contribution in [3.05, 3.63) is 40.5 Å². The third-order valence-corrected chi connectivity index (χ3v) is 7.18. The molecule has 6 N–H and O–H groups in total. The molecule has 0 saturated carbocycles. The average molecular weight is 523 g/mol. The Kier molecular flexibility index (Phi) is 7.11. The van der Waals surface area contributed by atoms with Crippen LogP contribution in [-0.2, 0) is 14.6 Å². The number of carboxylic acid groups (broad SMARTS) is 1. The number of aromatic hydroxyl groups is 1. The third kappa shape index (κ3) is 4.94. The molecule has 11 nitrogen and oxygen atoms in total. The van der Waals surface area contributed by atoms with Crippen molar-refractivity contribution < 1.29 is 33.0 Å². The minimum absolute atomic E-state index is 0.145. The largest absolute Gasteiger partial charge is 0.505 e. The number of aromatic amines is 1. The van der Waals surface area contributed by atoms with Gasteiger partial charge in [-0.05, 0) is 38.4 Å². The Balaban J connectivity index is 2.59. The van der Waals surface area contributed by atoms with E-state index in [4.69, 9.17) is 17.3 Å².